The second-order valence-electron chi connectivity index (χ2n) is 10.1. The zero-order valence-corrected chi connectivity index (χ0v) is 25.9. The molecule has 5 aromatic rings. The van der Waals surface area contributed by atoms with Crippen LogP contribution in [0, 0.1) is 0 Å². The van der Waals surface area contributed by atoms with Crippen molar-refractivity contribution in [2.75, 3.05) is 0 Å². The molecule has 0 radical (unpaired) electrons. The molecule has 0 aliphatic carbocycles. The van der Waals surface area contributed by atoms with Gasteiger partial charge >= 0.3 is 0 Å². The van der Waals surface area contributed by atoms with Gasteiger partial charge in [0.25, 0.3) is 0 Å². The first-order valence-corrected chi connectivity index (χ1v) is 17.6. The van der Waals surface area contributed by atoms with Crippen molar-refractivity contribution in [1.82, 2.24) is 0 Å². The maximum Gasteiger partial charge on any atom is 0.0452 e. The quantitative estimate of drug-likeness (QED) is 0.116. The van der Waals surface area contributed by atoms with Gasteiger partial charge in [-0.15, -0.1) is 45.3 Å². The summed E-state index contributed by atoms with van der Waals surface area (Å²) in [6.07, 6.45) is 12.8. The van der Waals surface area contributed by atoms with E-state index in [4.69, 9.17) is 0 Å². The van der Waals surface area contributed by atoms with Crippen LogP contribution in [0.5, 0.6) is 0 Å². The van der Waals surface area contributed by atoms with Crippen molar-refractivity contribution < 1.29 is 0 Å². The summed E-state index contributed by atoms with van der Waals surface area (Å²) in [5, 5.41) is 4.38. The van der Waals surface area contributed by atoms with Crippen LogP contribution in [-0.2, 0) is 12.8 Å². The lowest BCUT2D eigenvalue weighted by Crippen LogP contribution is -1.88. The zero-order valence-electron chi connectivity index (χ0n) is 22.6. The number of unbranched alkanes of at least 4 members (excludes halogenated alkanes) is 6. The van der Waals surface area contributed by atoms with E-state index in [9.17, 15) is 0 Å². The first kappa shape index (κ1) is 27.6. The Labute approximate surface area is 245 Å². The molecule has 1 aromatic carbocycles. The van der Waals surface area contributed by atoms with E-state index in [1.807, 2.05) is 45.3 Å². The number of benzene rings is 1. The van der Waals surface area contributed by atoms with Gasteiger partial charge in [0.15, 0.2) is 0 Å². The van der Waals surface area contributed by atoms with Gasteiger partial charge in [-0.3, -0.25) is 0 Å². The lowest BCUT2D eigenvalue weighted by Gasteiger charge is -2.07. The second kappa shape index (κ2) is 13.9. The molecule has 0 nitrogen and oxygen atoms in total. The fourth-order valence-corrected chi connectivity index (χ4v) is 9.14. The molecule has 0 spiro atoms. The van der Waals surface area contributed by atoms with Crippen LogP contribution in [0.3, 0.4) is 0 Å². The van der Waals surface area contributed by atoms with Gasteiger partial charge < -0.3 is 0 Å². The minimum atomic E-state index is 1.18. The lowest BCUT2D eigenvalue weighted by molar-refractivity contribution is 0.668. The molecule has 38 heavy (non-hydrogen) atoms. The predicted octanol–water partition coefficient (Wildman–Crippen LogP) is 12.8. The molecule has 4 heteroatoms. The SMILES string of the molecule is CCCCCCc1cc(-c2cccs2)sc1-c1ccc(-c2sc(-c3cccs3)cc2CCCCCC)cc1. The highest BCUT2D eigenvalue weighted by atomic mass is 32.1. The Bertz CT molecular complexity index is 1260. The highest BCUT2D eigenvalue weighted by molar-refractivity contribution is 7.24. The smallest absolute Gasteiger partial charge is 0.0452 e. The molecular weight excluding hydrogens is 537 g/mol. The summed E-state index contributed by atoms with van der Waals surface area (Å²) in [4.78, 5) is 8.53. The maximum atomic E-state index is 2.46. The number of rotatable bonds is 14. The summed E-state index contributed by atoms with van der Waals surface area (Å²) < 4.78 is 0. The minimum absolute atomic E-state index is 1.18. The molecular formula is C34H38S4. The van der Waals surface area contributed by atoms with Crippen molar-refractivity contribution in [3.05, 3.63) is 82.6 Å². The molecule has 5 rings (SSSR count). The number of thiophene rings is 4. The standard InChI is InChI=1S/C34H38S4/c1-3-5-7-9-13-27-23-31(29-15-11-21-35-29)37-33(27)25-17-19-26(20-18-25)34-28(14-10-8-6-4-2)24-32(38-34)30-16-12-22-36-30/h11-12,15-24H,3-10,13-14H2,1-2H3. The van der Waals surface area contributed by atoms with Crippen LogP contribution in [0.15, 0.2) is 71.4 Å². The fourth-order valence-electron chi connectivity index (χ4n) is 5.06. The monoisotopic (exact) mass is 574 g/mol. The molecule has 0 aliphatic heterocycles. The van der Waals surface area contributed by atoms with Gasteiger partial charge in [0.2, 0.25) is 0 Å². The fraction of sp³-hybridized carbons (Fsp3) is 0.353. The second-order valence-corrected chi connectivity index (χ2v) is 14.1. The van der Waals surface area contributed by atoms with Crippen LogP contribution in [0.25, 0.3) is 40.4 Å². The molecule has 0 fully saturated rings. The third kappa shape index (κ3) is 6.77. The lowest BCUT2D eigenvalue weighted by atomic mass is 10.00. The third-order valence-corrected chi connectivity index (χ3v) is 11.7. The summed E-state index contributed by atoms with van der Waals surface area (Å²) in [5.41, 5.74) is 5.78. The number of hydrogen-bond acceptors (Lipinski definition) is 4. The maximum absolute atomic E-state index is 2.46. The molecule has 0 aliphatic rings. The Hall–Kier alpha value is -1.98. The highest BCUT2D eigenvalue weighted by Gasteiger charge is 2.16. The Balaban J connectivity index is 1.42. The first-order chi connectivity index (χ1) is 18.8. The molecule has 0 bridgehead atoms. The highest BCUT2D eigenvalue weighted by Crippen LogP contribution is 2.43. The van der Waals surface area contributed by atoms with Crippen LogP contribution in [0.2, 0.25) is 0 Å². The predicted molar refractivity (Wildman–Crippen MR) is 175 cm³/mol. The van der Waals surface area contributed by atoms with E-state index in [-0.39, 0.29) is 0 Å². The summed E-state index contributed by atoms with van der Waals surface area (Å²) >= 11 is 7.64. The van der Waals surface area contributed by atoms with Crippen molar-refractivity contribution in [2.24, 2.45) is 0 Å². The molecule has 0 saturated carbocycles. The van der Waals surface area contributed by atoms with Gasteiger partial charge in [0, 0.05) is 29.3 Å². The Morgan fingerprint density at radius 3 is 1.32 bits per heavy atom. The van der Waals surface area contributed by atoms with Gasteiger partial charge in [-0.05, 0) is 83.0 Å². The molecule has 0 atom stereocenters. The third-order valence-electron chi connectivity index (χ3n) is 7.15. The van der Waals surface area contributed by atoms with E-state index in [1.54, 1.807) is 0 Å². The molecule has 0 unspecified atom stereocenters. The topological polar surface area (TPSA) is 0 Å². The van der Waals surface area contributed by atoms with Gasteiger partial charge in [-0.1, -0.05) is 88.8 Å². The Morgan fingerprint density at radius 1 is 0.500 bits per heavy atom. The summed E-state index contributed by atoms with van der Waals surface area (Å²) in [5.74, 6) is 0. The van der Waals surface area contributed by atoms with E-state index in [1.165, 1.54) is 116 Å². The Morgan fingerprint density at radius 2 is 0.947 bits per heavy atom. The van der Waals surface area contributed by atoms with Crippen LogP contribution in [0.1, 0.15) is 76.3 Å². The van der Waals surface area contributed by atoms with Gasteiger partial charge in [-0.25, -0.2) is 0 Å². The number of hydrogen-bond donors (Lipinski definition) is 0. The van der Waals surface area contributed by atoms with E-state index in [2.05, 4.69) is 85.3 Å². The minimum Gasteiger partial charge on any atom is -0.143 e. The summed E-state index contributed by atoms with van der Waals surface area (Å²) in [6, 6.07) is 23.3. The van der Waals surface area contributed by atoms with Gasteiger partial charge in [0.05, 0.1) is 0 Å². The van der Waals surface area contributed by atoms with E-state index in [0.29, 0.717) is 0 Å². The molecule has 0 saturated heterocycles. The average molecular weight is 575 g/mol. The largest absolute Gasteiger partial charge is 0.143 e. The van der Waals surface area contributed by atoms with Crippen LogP contribution in [0.4, 0.5) is 0 Å². The average Bonchev–Trinajstić information content (AvgIpc) is 3.75. The van der Waals surface area contributed by atoms with E-state index < -0.39 is 0 Å². The zero-order chi connectivity index (χ0) is 26.2. The van der Waals surface area contributed by atoms with Crippen LogP contribution >= 0.6 is 45.3 Å². The van der Waals surface area contributed by atoms with Crippen molar-refractivity contribution >= 4 is 45.3 Å². The summed E-state index contributed by atoms with van der Waals surface area (Å²) in [6.45, 7) is 4.58. The molecule has 0 N–H and O–H groups in total. The van der Waals surface area contributed by atoms with Crippen molar-refractivity contribution in [2.45, 2.75) is 78.1 Å². The van der Waals surface area contributed by atoms with Crippen molar-refractivity contribution in [3.8, 4) is 40.4 Å². The van der Waals surface area contributed by atoms with Crippen molar-refractivity contribution in [3.63, 3.8) is 0 Å². The van der Waals surface area contributed by atoms with Crippen LogP contribution in [-0.4, -0.2) is 0 Å². The van der Waals surface area contributed by atoms with Gasteiger partial charge in [-0.2, -0.15) is 0 Å². The normalized spacial score (nSPS) is 11.4. The van der Waals surface area contributed by atoms with E-state index >= 15 is 0 Å². The molecule has 0 amide bonds. The summed E-state index contributed by atoms with van der Waals surface area (Å²) in [7, 11) is 0. The molecule has 4 aromatic heterocycles. The van der Waals surface area contributed by atoms with Crippen LogP contribution < -0.4 is 0 Å². The first-order valence-electron chi connectivity index (χ1n) is 14.2. The molecule has 198 valence electrons. The molecule has 4 heterocycles. The van der Waals surface area contributed by atoms with E-state index in [0.717, 1.165) is 0 Å². The van der Waals surface area contributed by atoms with Gasteiger partial charge in [0.1, 0.15) is 0 Å². The Kier molecular flexibility index (Phi) is 10.1. The van der Waals surface area contributed by atoms with Crippen molar-refractivity contribution in [1.29, 1.82) is 0 Å². The number of aryl methyl sites for hydroxylation is 2.